The van der Waals surface area contributed by atoms with Crippen molar-refractivity contribution in [2.24, 2.45) is 5.16 Å². The van der Waals surface area contributed by atoms with Gasteiger partial charge in [0.2, 0.25) is 5.43 Å². The Labute approximate surface area is 101 Å². The summed E-state index contributed by atoms with van der Waals surface area (Å²) in [5.74, 6) is -1.24. The van der Waals surface area contributed by atoms with E-state index >= 15 is 0 Å². The molecule has 90 valence electrons. The minimum Gasteiger partial charge on any atom is -0.477 e. The van der Waals surface area contributed by atoms with E-state index in [1.54, 1.807) is 4.57 Å². The number of thioether (sulfide) groups is 1. The predicted octanol–water partition coefficient (Wildman–Crippen LogP) is 1.00. The second-order valence-corrected chi connectivity index (χ2v) is 4.58. The molecule has 1 aromatic rings. The summed E-state index contributed by atoms with van der Waals surface area (Å²) in [4.78, 5) is 22.8. The molecule has 2 rings (SSSR count). The molecule has 2 N–H and O–H groups in total. The highest BCUT2D eigenvalue weighted by molar-refractivity contribution is 8.14. The lowest BCUT2D eigenvalue weighted by Crippen LogP contribution is -2.22. The first-order valence-electron chi connectivity index (χ1n) is 4.96. The topological polar surface area (TPSA) is 91.9 Å². The first-order chi connectivity index (χ1) is 8.08. The SMILES string of the molecule is CCn1cc(C(=O)O)c(=O)c2c1S/C(=N/O)C2. The van der Waals surface area contributed by atoms with Crippen molar-refractivity contribution in [2.75, 3.05) is 0 Å². The molecule has 0 saturated heterocycles. The standard InChI is InChI=1S/C10H10N2O4S/c1-2-12-4-6(10(14)15)8(13)5-3-7(11-16)17-9(5)12/h4,16H,2-3H2,1H3,(H,14,15)/b11-7+. The molecule has 17 heavy (non-hydrogen) atoms. The number of nitrogens with zero attached hydrogens (tertiary/aromatic N) is 2. The molecule has 0 atom stereocenters. The van der Waals surface area contributed by atoms with Crippen LogP contribution < -0.4 is 5.43 Å². The van der Waals surface area contributed by atoms with Crippen LogP contribution in [0.15, 0.2) is 21.2 Å². The lowest BCUT2D eigenvalue weighted by atomic mass is 10.1. The van der Waals surface area contributed by atoms with Crippen molar-refractivity contribution in [2.45, 2.75) is 24.9 Å². The van der Waals surface area contributed by atoms with E-state index in [-0.39, 0.29) is 12.0 Å². The van der Waals surface area contributed by atoms with Gasteiger partial charge in [0.1, 0.15) is 10.6 Å². The lowest BCUT2D eigenvalue weighted by molar-refractivity contribution is 0.0694. The summed E-state index contributed by atoms with van der Waals surface area (Å²) >= 11 is 1.19. The smallest absolute Gasteiger partial charge is 0.341 e. The summed E-state index contributed by atoms with van der Waals surface area (Å²) < 4.78 is 1.68. The van der Waals surface area contributed by atoms with Crippen LogP contribution in [0.1, 0.15) is 22.8 Å². The number of aromatic nitrogens is 1. The number of aromatic carboxylic acids is 1. The Bertz CT molecular complexity index is 576. The van der Waals surface area contributed by atoms with Crippen molar-refractivity contribution in [3.8, 4) is 0 Å². The Kier molecular flexibility index (Phi) is 2.93. The number of carboxylic acid groups (broad SMARTS) is 1. The summed E-state index contributed by atoms with van der Waals surface area (Å²) in [7, 11) is 0. The van der Waals surface area contributed by atoms with Crippen LogP contribution in [-0.4, -0.2) is 25.9 Å². The van der Waals surface area contributed by atoms with Crippen LogP contribution in [0.25, 0.3) is 0 Å². The zero-order valence-corrected chi connectivity index (χ0v) is 9.82. The number of fused-ring (bicyclic) bond motifs is 1. The van der Waals surface area contributed by atoms with Gasteiger partial charge in [-0.05, 0) is 6.92 Å². The molecular formula is C10H10N2O4S. The third kappa shape index (κ3) is 1.82. The van der Waals surface area contributed by atoms with Gasteiger partial charge >= 0.3 is 5.97 Å². The molecule has 6 nitrogen and oxygen atoms in total. The minimum atomic E-state index is -1.24. The van der Waals surface area contributed by atoms with Gasteiger partial charge < -0.3 is 14.9 Å². The van der Waals surface area contributed by atoms with E-state index in [0.29, 0.717) is 22.2 Å². The number of hydrogen-bond acceptors (Lipinski definition) is 5. The van der Waals surface area contributed by atoms with E-state index in [1.807, 2.05) is 6.92 Å². The van der Waals surface area contributed by atoms with Gasteiger partial charge in [0.15, 0.2) is 0 Å². The maximum atomic E-state index is 11.9. The van der Waals surface area contributed by atoms with Crippen LogP contribution in [0.5, 0.6) is 0 Å². The van der Waals surface area contributed by atoms with Crippen LogP contribution >= 0.6 is 11.8 Å². The number of pyridine rings is 1. The fourth-order valence-corrected chi connectivity index (χ4v) is 2.79. The van der Waals surface area contributed by atoms with Gasteiger partial charge in [-0.2, -0.15) is 0 Å². The molecule has 0 bridgehead atoms. The monoisotopic (exact) mass is 254 g/mol. The molecule has 0 unspecified atom stereocenters. The van der Waals surface area contributed by atoms with Crippen molar-refractivity contribution in [1.82, 2.24) is 4.57 Å². The Morgan fingerprint density at radius 3 is 2.88 bits per heavy atom. The molecule has 1 aliphatic heterocycles. The number of oxime groups is 1. The Morgan fingerprint density at radius 1 is 1.65 bits per heavy atom. The first-order valence-corrected chi connectivity index (χ1v) is 5.78. The lowest BCUT2D eigenvalue weighted by Gasteiger charge is -2.09. The normalized spacial score (nSPS) is 16.2. The maximum Gasteiger partial charge on any atom is 0.341 e. The van der Waals surface area contributed by atoms with E-state index in [9.17, 15) is 9.59 Å². The zero-order valence-electron chi connectivity index (χ0n) is 9.01. The highest BCUT2D eigenvalue weighted by atomic mass is 32.2. The number of aryl methyl sites for hydroxylation is 1. The highest BCUT2D eigenvalue weighted by Crippen LogP contribution is 2.31. The Balaban J connectivity index is 2.69. The van der Waals surface area contributed by atoms with Gasteiger partial charge in [-0.1, -0.05) is 16.9 Å². The van der Waals surface area contributed by atoms with E-state index in [0.717, 1.165) is 0 Å². The quantitative estimate of drug-likeness (QED) is 0.607. The summed E-state index contributed by atoms with van der Waals surface area (Å²) in [6.07, 6.45) is 1.52. The molecular weight excluding hydrogens is 244 g/mol. The minimum absolute atomic E-state index is 0.191. The molecule has 0 fully saturated rings. The average Bonchev–Trinajstić information content (AvgIpc) is 2.74. The Morgan fingerprint density at radius 2 is 2.35 bits per heavy atom. The molecule has 1 aliphatic rings. The van der Waals surface area contributed by atoms with E-state index in [1.165, 1.54) is 18.0 Å². The van der Waals surface area contributed by atoms with Crippen LogP contribution in [0.3, 0.4) is 0 Å². The third-order valence-electron chi connectivity index (χ3n) is 2.55. The van der Waals surface area contributed by atoms with Crippen molar-refractivity contribution >= 4 is 22.8 Å². The number of rotatable bonds is 2. The number of hydrogen-bond donors (Lipinski definition) is 2. The van der Waals surface area contributed by atoms with Crippen LogP contribution in [-0.2, 0) is 13.0 Å². The molecule has 7 heteroatoms. The largest absolute Gasteiger partial charge is 0.477 e. The molecule has 0 radical (unpaired) electrons. The molecule has 0 aromatic carbocycles. The summed E-state index contributed by atoms with van der Waals surface area (Å²) in [5.41, 5.74) is -0.349. The van der Waals surface area contributed by atoms with Crippen LogP contribution in [0.4, 0.5) is 0 Å². The van der Waals surface area contributed by atoms with Gasteiger partial charge in [-0.3, -0.25) is 4.79 Å². The van der Waals surface area contributed by atoms with Gasteiger partial charge in [0, 0.05) is 24.7 Å². The van der Waals surface area contributed by atoms with Gasteiger partial charge in [-0.25, -0.2) is 4.79 Å². The van der Waals surface area contributed by atoms with Gasteiger partial charge in [0.05, 0.1) is 5.03 Å². The zero-order chi connectivity index (χ0) is 12.6. The highest BCUT2D eigenvalue weighted by Gasteiger charge is 2.27. The number of carbonyl (C=O) groups is 1. The second-order valence-electron chi connectivity index (χ2n) is 3.52. The molecule has 2 heterocycles. The van der Waals surface area contributed by atoms with Crippen LogP contribution in [0.2, 0.25) is 0 Å². The van der Waals surface area contributed by atoms with Crippen molar-refractivity contribution in [1.29, 1.82) is 0 Å². The second kappa shape index (κ2) is 4.25. The fourth-order valence-electron chi connectivity index (χ4n) is 1.72. The maximum absolute atomic E-state index is 11.9. The molecule has 1 aromatic heterocycles. The van der Waals surface area contributed by atoms with Crippen molar-refractivity contribution in [3.63, 3.8) is 0 Å². The molecule has 0 spiro atoms. The van der Waals surface area contributed by atoms with E-state index < -0.39 is 11.4 Å². The van der Waals surface area contributed by atoms with Gasteiger partial charge in [-0.15, -0.1) is 0 Å². The molecule has 0 aliphatic carbocycles. The van der Waals surface area contributed by atoms with E-state index in [2.05, 4.69) is 5.16 Å². The van der Waals surface area contributed by atoms with Gasteiger partial charge in [0.25, 0.3) is 0 Å². The summed E-state index contributed by atoms with van der Waals surface area (Å²) in [6, 6.07) is 0. The third-order valence-corrected chi connectivity index (χ3v) is 3.68. The fraction of sp³-hybridized carbons (Fsp3) is 0.300. The number of carboxylic acids is 1. The average molecular weight is 254 g/mol. The predicted molar refractivity (Wildman–Crippen MR) is 62.1 cm³/mol. The van der Waals surface area contributed by atoms with Crippen molar-refractivity contribution in [3.05, 3.63) is 27.5 Å². The molecule has 0 saturated carbocycles. The first kappa shape index (κ1) is 11.7. The molecule has 0 amide bonds. The van der Waals surface area contributed by atoms with Crippen molar-refractivity contribution < 1.29 is 15.1 Å². The summed E-state index contributed by atoms with van der Waals surface area (Å²) in [5, 5.41) is 21.8. The summed E-state index contributed by atoms with van der Waals surface area (Å²) in [6.45, 7) is 2.40. The Hall–Kier alpha value is -1.76. The van der Waals surface area contributed by atoms with E-state index in [4.69, 9.17) is 10.3 Å². The van der Waals surface area contributed by atoms with Crippen LogP contribution in [0, 0.1) is 0 Å².